The molecule has 0 saturated carbocycles. The normalized spacial score (nSPS) is 15.2. The van der Waals surface area contributed by atoms with E-state index in [9.17, 15) is 4.79 Å². The third-order valence-electron chi connectivity index (χ3n) is 7.15. The standard InChI is InChI=1S/C30H34N4O3S/c1-21-18-26(22(2)34(21)19-24-12-9-17-37-24)27(35)20-38-30-32-31-29(25-13-7-8-14-28(25)36-3)33(30)16-15-23-10-5-4-6-11-23/h4-8,10-11,13-14,18,24H,9,12,15-17,19-20H2,1-3H3/t24-/m1/s1. The highest BCUT2D eigenvalue weighted by molar-refractivity contribution is 7.99. The van der Waals surface area contributed by atoms with Gasteiger partial charge in [-0.25, -0.2) is 0 Å². The molecule has 1 saturated heterocycles. The van der Waals surface area contributed by atoms with E-state index < -0.39 is 0 Å². The fourth-order valence-corrected chi connectivity index (χ4v) is 5.92. The Morgan fingerprint density at radius 3 is 2.63 bits per heavy atom. The summed E-state index contributed by atoms with van der Waals surface area (Å²) < 4.78 is 15.8. The van der Waals surface area contributed by atoms with Crippen molar-refractivity contribution in [3.05, 3.63) is 83.2 Å². The van der Waals surface area contributed by atoms with Crippen LogP contribution < -0.4 is 4.74 Å². The van der Waals surface area contributed by atoms with Crippen LogP contribution in [0.3, 0.4) is 0 Å². The second kappa shape index (κ2) is 12.0. The molecule has 1 aliphatic heterocycles. The molecule has 198 valence electrons. The molecule has 1 fully saturated rings. The van der Waals surface area contributed by atoms with Gasteiger partial charge in [-0.3, -0.25) is 4.79 Å². The van der Waals surface area contributed by atoms with Gasteiger partial charge in [0.05, 0.1) is 24.5 Å². The van der Waals surface area contributed by atoms with E-state index in [-0.39, 0.29) is 11.9 Å². The van der Waals surface area contributed by atoms with Gasteiger partial charge in [0.15, 0.2) is 16.8 Å². The van der Waals surface area contributed by atoms with Crippen molar-refractivity contribution in [1.29, 1.82) is 0 Å². The van der Waals surface area contributed by atoms with Crippen LogP contribution in [0.25, 0.3) is 11.4 Å². The molecule has 0 spiro atoms. The van der Waals surface area contributed by atoms with Crippen molar-refractivity contribution >= 4 is 17.5 Å². The zero-order valence-electron chi connectivity index (χ0n) is 22.2. The molecule has 5 rings (SSSR count). The topological polar surface area (TPSA) is 71.2 Å². The van der Waals surface area contributed by atoms with Crippen molar-refractivity contribution in [2.24, 2.45) is 0 Å². The van der Waals surface area contributed by atoms with Gasteiger partial charge in [0.2, 0.25) is 0 Å². The summed E-state index contributed by atoms with van der Waals surface area (Å²) in [5.41, 5.74) is 4.98. The van der Waals surface area contributed by atoms with Gasteiger partial charge in [0.1, 0.15) is 5.75 Å². The van der Waals surface area contributed by atoms with Crippen molar-refractivity contribution in [1.82, 2.24) is 19.3 Å². The summed E-state index contributed by atoms with van der Waals surface area (Å²) in [5, 5.41) is 9.77. The predicted molar refractivity (Wildman–Crippen MR) is 150 cm³/mol. The van der Waals surface area contributed by atoms with Crippen molar-refractivity contribution in [2.75, 3.05) is 19.5 Å². The van der Waals surface area contributed by atoms with Gasteiger partial charge in [0, 0.05) is 36.6 Å². The highest BCUT2D eigenvalue weighted by atomic mass is 32.2. The molecule has 8 heteroatoms. The smallest absolute Gasteiger partial charge is 0.191 e. The molecule has 4 aromatic rings. The molecule has 0 bridgehead atoms. The van der Waals surface area contributed by atoms with Gasteiger partial charge >= 0.3 is 0 Å². The van der Waals surface area contributed by atoms with Gasteiger partial charge in [0.25, 0.3) is 0 Å². The summed E-state index contributed by atoms with van der Waals surface area (Å²) in [7, 11) is 1.66. The Labute approximate surface area is 228 Å². The van der Waals surface area contributed by atoms with E-state index in [0.29, 0.717) is 12.3 Å². The van der Waals surface area contributed by atoms with Crippen LogP contribution in [0.15, 0.2) is 65.8 Å². The Morgan fingerprint density at radius 1 is 1.08 bits per heavy atom. The third kappa shape index (κ3) is 5.71. The number of hydrogen-bond donors (Lipinski definition) is 0. The molecule has 3 heterocycles. The van der Waals surface area contributed by atoms with Crippen LogP contribution in [0.4, 0.5) is 0 Å². The summed E-state index contributed by atoms with van der Waals surface area (Å²) in [6.45, 7) is 6.41. The molecule has 1 atom stereocenters. The van der Waals surface area contributed by atoms with Crippen LogP contribution in [0, 0.1) is 13.8 Å². The number of Topliss-reactive ketones (excluding diaryl/α,β-unsaturated/α-hetero) is 1. The Hall–Kier alpha value is -3.36. The first-order valence-corrected chi connectivity index (χ1v) is 14.1. The van der Waals surface area contributed by atoms with Crippen molar-refractivity contribution in [2.45, 2.75) is 57.5 Å². The summed E-state index contributed by atoms with van der Waals surface area (Å²) in [5.74, 6) is 1.87. The van der Waals surface area contributed by atoms with Crippen molar-refractivity contribution in [3.8, 4) is 17.1 Å². The van der Waals surface area contributed by atoms with E-state index in [1.54, 1.807) is 7.11 Å². The second-order valence-corrected chi connectivity index (χ2v) is 10.6. The van der Waals surface area contributed by atoms with Gasteiger partial charge < -0.3 is 18.6 Å². The Bertz CT molecular complexity index is 1390. The Balaban J connectivity index is 1.36. The molecule has 2 aromatic heterocycles. The number of aryl methyl sites for hydroxylation is 2. The number of nitrogens with zero attached hydrogens (tertiary/aromatic N) is 4. The maximum atomic E-state index is 13.4. The number of aromatic nitrogens is 4. The number of rotatable bonds is 11. The monoisotopic (exact) mass is 530 g/mol. The maximum Gasteiger partial charge on any atom is 0.191 e. The highest BCUT2D eigenvalue weighted by Crippen LogP contribution is 2.32. The molecular weight excluding hydrogens is 496 g/mol. The van der Waals surface area contributed by atoms with E-state index in [1.807, 2.05) is 55.5 Å². The largest absolute Gasteiger partial charge is 0.496 e. The minimum Gasteiger partial charge on any atom is -0.496 e. The van der Waals surface area contributed by atoms with E-state index >= 15 is 0 Å². The van der Waals surface area contributed by atoms with Crippen LogP contribution >= 0.6 is 11.8 Å². The molecule has 38 heavy (non-hydrogen) atoms. The number of thioether (sulfide) groups is 1. The number of para-hydroxylation sites is 1. The number of carbonyl (C=O) groups is 1. The lowest BCUT2D eigenvalue weighted by molar-refractivity contribution is 0.0957. The lowest BCUT2D eigenvalue weighted by Crippen LogP contribution is -2.17. The third-order valence-corrected chi connectivity index (χ3v) is 8.12. The van der Waals surface area contributed by atoms with Gasteiger partial charge in [-0.15, -0.1) is 10.2 Å². The predicted octanol–water partition coefficient (Wildman–Crippen LogP) is 5.77. The van der Waals surface area contributed by atoms with Gasteiger partial charge in [-0.05, 0) is 56.9 Å². The van der Waals surface area contributed by atoms with Crippen LogP contribution in [0.2, 0.25) is 0 Å². The number of methoxy groups -OCH3 is 1. The summed E-state index contributed by atoms with van der Waals surface area (Å²) in [6, 6.07) is 20.2. The molecule has 7 nitrogen and oxygen atoms in total. The molecule has 0 N–H and O–H groups in total. The molecule has 0 unspecified atom stereocenters. The summed E-state index contributed by atoms with van der Waals surface area (Å²) in [6.07, 6.45) is 3.23. The van der Waals surface area contributed by atoms with Crippen LogP contribution in [-0.2, 0) is 24.2 Å². The number of carbonyl (C=O) groups excluding carboxylic acids is 1. The minimum absolute atomic E-state index is 0.0955. The molecule has 0 amide bonds. The number of benzene rings is 2. The quantitative estimate of drug-likeness (QED) is 0.181. The van der Waals surface area contributed by atoms with E-state index in [2.05, 4.69) is 38.4 Å². The van der Waals surface area contributed by atoms with E-state index in [0.717, 1.165) is 71.7 Å². The number of ketones is 1. The molecule has 2 aromatic carbocycles. The first kappa shape index (κ1) is 26.3. The Morgan fingerprint density at radius 2 is 1.87 bits per heavy atom. The second-order valence-electron chi connectivity index (χ2n) is 9.64. The highest BCUT2D eigenvalue weighted by Gasteiger charge is 2.23. The number of hydrogen-bond acceptors (Lipinski definition) is 6. The average Bonchev–Trinajstić information content (AvgIpc) is 3.67. The van der Waals surface area contributed by atoms with Crippen molar-refractivity contribution < 1.29 is 14.3 Å². The minimum atomic E-state index is 0.0955. The lowest BCUT2D eigenvalue weighted by Gasteiger charge is -2.15. The first-order valence-electron chi connectivity index (χ1n) is 13.1. The lowest BCUT2D eigenvalue weighted by atomic mass is 10.1. The van der Waals surface area contributed by atoms with Crippen LogP contribution in [-0.4, -0.2) is 50.7 Å². The average molecular weight is 531 g/mol. The SMILES string of the molecule is COc1ccccc1-c1nnc(SCC(=O)c2cc(C)n(C[C@H]3CCCO3)c2C)n1CCc1ccccc1. The fourth-order valence-electron chi connectivity index (χ4n) is 5.08. The fraction of sp³-hybridized carbons (Fsp3) is 0.367. The Kier molecular flexibility index (Phi) is 8.29. The molecule has 1 aliphatic rings. The molecule has 0 radical (unpaired) electrons. The van der Waals surface area contributed by atoms with E-state index in [4.69, 9.17) is 9.47 Å². The van der Waals surface area contributed by atoms with Gasteiger partial charge in [-0.1, -0.05) is 54.2 Å². The van der Waals surface area contributed by atoms with Crippen LogP contribution in [0.5, 0.6) is 5.75 Å². The summed E-state index contributed by atoms with van der Waals surface area (Å²) in [4.78, 5) is 13.4. The summed E-state index contributed by atoms with van der Waals surface area (Å²) >= 11 is 1.44. The van der Waals surface area contributed by atoms with Crippen LogP contribution in [0.1, 0.15) is 40.2 Å². The maximum absolute atomic E-state index is 13.4. The first-order chi connectivity index (χ1) is 18.5. The van der Waals surface area contributed by atoms with Crippen molar-refractivity contribution in [3.63, 3.8) is 0 Å². The zero-order chi connectivity index (χ0) is 26.5. The molecule has 0 aliphatic carbocycles. The number of ether oxygens (including phenoxy) is 2. The zero-order valence-corrected chi connectivity index (χ0v) is 23.0. The van der Waals surface area contributed by atoms with Gasteiger partial charge in [-0.2, -0.15) is 0 Å². The molecular formula is C30H34N4O3S. The van der Waals surface area contributed by atoms with E-state index in [1.165, 1.54) is 17.3 Å².